The number of nitrogens with one attached hydrogen (secondary N) is 1. The number of benzene rings is 1. The van der Waals surface area contributed by atoms with Gasteiger partial charge in [0.2, 0.25) is 5.95 Å². The van der Waals surface area contributed by atoms with Gasteiger partial charge in [0.15, 0.2) is 10.6 Å². The molecular weight excluding hydrogens is 454 g/mol. The minimum absolute atomic E-state index is 0.0860. The molecule has 0 saturated carbocycles. The van der Waals surface area contributed by atoms with Crippen molar-refractivity contribution in [3.05, 3.63) is 57.2 Å². The predicted octanol–water partition coefficient (Wildman–Crippen LogP) is 4.18. The van der Waals surface area contributed by atoms with E-state index in [9.17, 15) is 4.79 Å². The van der Waals surface area contributed by atoms with Crippen molar-refractivity contribution in [1.82, 2.24) is 19.9 Å². The fourth-order valence-electron chi connectivity index (χ4n) is 3.93. The molecule has 2 amide bonds. The summed E-state index contributed by atoms with van der Waals surface area (Å²) in [4.78, 5) is 32.6. The molecule has 0 bridgehead atoms. The van der Waals surface area contributed by atoms with Crippen molar-refractivity contribution in [1.29, 1.82) is 0 Å². The first-order chi connectivity index (χ1) is 16.0. The summed E-state index contributed by atoms with van der Waals surface area (Å²) < 4.78 is 0. The fraction of sp³-hybridized carbons (Fsp3) is 0.304. The molecule has 8 nitrogen and oxygen atoms in total. The third-order valence-electron chi connectivity index (χ3n) is 5.60. The van der Waals surface area contributed by atoms with E-state index in [0.717, 1.165) is 45.3 Å². The number of nitrogens with zero attached hydrogens (tertiary/aromatic N) is 5. The van der Waals surface area contributed by atoms with Crippen molar-refractivity contribution in [2.24, 2.45) is 0 Å². The Labute approximate surface area is 200 Å². The van der Waals surface area contributed by atoms with Crippen LogP contribution in [0.5, 0.6) is 0 Å². The fourth-order valence-corrected chi connectivity index (χ4v) is 5.57. The molecule has 170 valence electrons. The summed E-state index contributed by atoms with van der Waals surface area (Å²) in [5.41, 5.74) is 8.74. The Kier molecular flexibility index (Phi) is 6.10. The molecule has 3 aromatic heterocycles. The molecule has 1 fully saturated rings. The van der Waals surface area contributed by atoms with Gasteiger partial charge in [-0.05, 0) is 42.5 Å². The number of fused-ring (bicyclic) bond motifs is 1. The van der Waals surface area contributed by atoms with Crippen molar-refractivity contribution in [3.63, 3.8) is 0 Å². The molecule has 0 unspecified atom stereocenters. The summed E-state index contributed by atoms with van der Waals surface area (Å²) in [7, 11) is 0. The Morgan fingerprint density at radius 1 is 1.09 bits per heavy atom. The third-order valence-corrected chi connectivity index (χ3v) is 7.55. The van der Waals surface area contributed by atoms with Gasteiger partial charge in [0.1, 0.15) is 5.52 Å². The van der Waals surface area contributed by atoms with Crippen LogP contribution < -0.4 is 16.0 Å². The van der Waals surface area contributed by atoms with Crippen molar-refractivity contribution in [2.75, 3.05) is 42.1 Å². The van der Waals surface area contributed by atoms with Crippen molar-refractivity contribution < 1.29 is 4.79 Å². The summed E-state index contributed by atoms with van der Waals surface area (Å²) >= 11 is 3.34. The number of piperazine rings is 1. The highest BCUT2D eigenvalue weighted by Crippen LogP contribution is 2.30. The highest BCUT2D eigenvalue weighted by Gasteiger charge is 2.25. The van der Waals surface area contributed by atoms with E-state index in [-0.39, 0.29) is 12.0 Å². The molecule has 4 aromatic rings. The number of nitrogens with two attached hydrogens (primary N) is 1. The average molecular weight is 480 g/mol. The number of thiophene rings is 1. The lowest BCUT2D eigenvalue weighted by Crippen LogP contribution is -2.50. The zero-order valence-electron chi connectivity index (χ0n) is 18.3. The lowest BCUT2D eigenvalue weighted by molar-refractivity contribution is 0.208. The first kappa shape index (κ1) is 21.6. The molecule has 1 aromatic carbocycles. The molecule has 1 aliphatic heterocycles. The number of hydrogen-bond donors (Lipinski definition) is 2. The van der Waals surface area contributed by atoms with E-state index < -0.39 is 0 Å². The predicted molar refractivity (Wildman–Crippen MR) is 135 cm³/mol. The van der Waals surface area contributed by atoms with Gasteiger partial charge in [0, 0.05) is 43.2 Å². The van der Waals surface area contributed by atoms with E-state index >= 15 is 0 Å². The second kappa shape index (κ2) is 9.32. The van der Waals surface area contributed by atoms with Crippen LogP contribution >= 0.6 is 22.7 Å². The number of anilines is 3. The van der Waals surface area contributed by atoms with Crippen LogP contribution in [0, 0.1) is 6.92 Å². The molecule has 1 aliphatic rings. The zero-order valence-corrected chi connectivity index (χ0v) is 20.0. The number of carbonyl (C=O) groups excluding carboxylic acids is 1. The Morgan fingerprint density at radius 3 is 2.70 bits per heavy atom. The van der Waals surface area contributed by atoms with E-state index in [1.807, 2.05) is 36.1 Å². The van der Waals surface area contributed by atoms with Crippen LogP contribution in [0.25, 0.3) is 10.3 Å². The van der Waals surface area contributed by atoms with Gasteiger partial charge in [0.05, 0.1) is 5.01 Å². The molecule has 0 aliphatic carbocycles. The summed E-state index contributed by atoms with van der Waals surface area (Å²) in [5, 5.41) is 6.12. The van der Waals surface area contributed by atoms with Gasteiger partial charge in [-0.1, -0.05) is 29.5 Å². The summed E-state index contributed by atoms with van der Waals surface area (Å²) in [6.45, 7) is 4.52. The maximum Gasteiger partial charge on any atom is 0.321 e. The average Bonchev–Trinajstić information content (AvgIpc) is 3.47. The smallest absolute Gasteiger partial charge is 0.321 e. The van der Waals surface area contributed by atoms with Crippen LogP contribution in [0.1, 0.15) is 15.4 Å². The molecule has 4 heterocycles. The standard InChI is InChI=1S/C23H25N7OS2/c1-15-4-2-5-16(14-15)25-23(31)30-11-9-29(10-12-30)20-19-21(28-22(24)27-20)33-18(26-19)8-7-17-6-3-13-32-17/h2-6,13-14H,7-12H2,1H3,(H,25,31)(H2,24,27,28). The Morgan fingerprint density at radius 2 is 1.94 bits per heavy atom. The molecule has 3 N–H and O–H groups in total. The molecule has 33 heavy (non-hydrogen) atoms. The molecule has 1 saturated heterocycles. The molecule has 0 atom stereocenters. The van der Waals surface area contributed by atoms with E-state index in [1.165, 1.54) is 4.88 Å². The minimum Gasteiger partial charge on any atom is -0.368 e. The third kappa shape index (κ3) is 4.91. The van der Waals surface area contributed by atoms with Gasteiger partial charge in [-0.15, -0.1) is 11.3 Å². The topological polar surface area (TPSA) is 100 Å². The van der Waals surface area contributed by atoms with Gasteiger partial charge in [0.25, 0.3) is 0 Å². The number of hydrogen-bond acceptors (Lipinski definition) is 8. The SMILES string of the molecule is Cc1cccc(NC(=O)N2CCN(c3nc(N)nc4sc(CCc5cccs5)nc34)CC2)c1. The second-order valence-corrected chi connectivity index (χ2v) is 10.1. The lowest BCUT2D eigenvalue weighted by Gasteiger charge is -2.35. The number of amides is 2. The van der Waals surface area contributed by atoms with Crippen LogP contribution in [0.15, 0.2) is 41.8 Å². The number of rotatable bonds is 5. The largest absolute Gasteiger partial charge is 0.368 e. The Bertz CT molecular complexity index is 1260. The number of aromatic nitrogens is 3. The summed E-state index contributed by atoms with van der Waals surface area (Å²) in [6, 6.07) is 12.0. The second-order valence-electron chi connectivity index (χ2n) is 8.02. The lowest BCUT2D eigenvalue weighted by atomic mass is 10.2. The van der Waals surface area contributed by atoms with E-state index in [0.29, 0.717) is 26.2 Å². The first-order valence-corrected chi connectivity index (χ1v) is 12.6. The van der Waals surface area contributed by atoms with Crippen LogP contribution in [0.3, 0.4) is 0 Å². The van der Waals surface area contributed by atoms with E-state index in [2.05, 4.69) is 37.7 Å². The van der Waals surface area contributed by atoms with Gasteiger partial charge < -0.3 is 20.9 Å². The molecule has 10 heteroatoms. The Hall–Kier alpha value is -3.24. The quantitative estimate of drug-likeness (QED) is 0.445. The summed E-state index contributed by atoms with van der Waals surface area (Å²) in [5.74, 6) is 1.01. The van der Waals surface area contributed by atoms with Crippen LogP contribution in [-0.4, -0.2) is 52.1 Å². The zero-order chi connectivity index (χ0) is 22.8. The maximum absolute atomic E-state index is 12.7. The molecular formula is C23H25N7OS2. The molecule has 0 spiro atoms. The van der Waals surface area contributed by atoms with Gasteiger partial charge in [-0.25, -0.2) is 14.8 Å². The number of thiazole rings is 1. The van der Waals surface area contributed by atoms with E-state index in [1.54, 1.807) is 22.7 Å². The molecule has 0 radical (unpaired) electrons. The van der Waals surface area contributed by atoms with Crippen molar-refractivity contribution >= 4 is 56.5 Å². The van der Waals surface area contributed by atoms with Crippen LogP contribution in [-0.2, 0) is 12.8 Å². The number of aryl methyl sites for hydroxylation is 3. The highest BCUT2D eigenvalue weighted by molar-refractivity contribution is 7.18. The van der Waals surface area contributed by atoms with E-state index in [4.69, 9.17) is 10.7 Å². The molecule has 5 rings (SSSR count). The first-order valence-electron chi connectivity index (χ1n) is 10.9. The van der Waals surface area contributed by atoms with Crippen molar-refractivity contribution in [2.45, 2.75) is 19.8 Å². The number of nitrogen functional groups attached to an aromatic ring is 1. The van der Waals surface area contributed by atoms with Gasteiger partial charge in [-0.2, -0.15) is 4.98 Å². The number of urea groups is 1. The van der Waals surface area contributed by atoms with Gasteiger partial charge >= 0.3 is 6.03 Å². The monoisotopic (exact) mass is 479 g/mol. The van der Waals surface area contributed by atoms with Crippen LogP contribution in [0.2, 0.25) is 0 Å². The maximum atomic E-state index is 12.7. The Balaban J connectivity index is 1.27. The van der Waals surface area contributed by atoms with Gasteiger partial charge in [-0.3, -0.25) is 0 Å². The van der Waals surface area contributed by atoms with Crippen LogP contribution in [0.4, 0.5) is 22.2 Å². The normalized spacial score (nSPS) is 14.1. The van der Waals surface area contributed by atoms with Crippen molar-refractivity contribution in [3.8, 4) is 0 Å². The minimum atomic E-state index is -0.0860. The highest BCUT2D eigenvalue weighted by atomic mass is 32.1. The number of carbonyl (C=O) groups is 1. The summed E-state index contributed by atoms with van der Waals surface area (Å²) in [6.07, 6.45) is 1.83.